The van der Waals surface area contributed by atoms with Crippen LogP contribution in [0.5, 0.6) is 0 Å². The Hall–Kier alpha value is -0.610. The van der Waals surface area contributed by atoms with Gasteiger partial charge in [0.1, 0.15) is 0 Å². The molecule has 3 fully saturated rings. The minimum atomic E-state index is 0.290. The van der Waals surface area contributed by atoms with Crippen LogP contribution in [0.1, 0.15) is 45.4 Å². The third-order valence-electron chi connectivity index (χ3n) is 5.50. The molecule has 3 saturated heterocycles. The van der Waals surface area contributed by atoms with Crippen LogP contribution in [-0.4, -0.2) is 49.1 Å². The molecule has 4 unspecified atom stereocenters. The van der Waals surface area contributed by atoms with E-state index in [4.69, 9.17) is 0 Å². The van der Waals surface area contributed by atoms with Gasteiger partial charge in [-0.25, -0.2) is 0 Å². The Morgan fingerprint density at radius 1 is 1.25 bits per heavy atom. The highest BCUT2D eigenvalue weighted by molar-refractivity contribution is 5.76. The van der Waals surface area contributed by atoms with Crippen LogP contribution in [0.3, 0.4) is 0 Å². The molecule has 4 nitrogen and oxygen atoms in total. The number of nitrogens with zero attached hydrogens (tertiary/aromatic N) is 1. The lowest BCUT2D eigenvalue weighted by Gasteiger charge is -2.36. The summed E-state index contributed by atoms with van der Waals surface area (Å²) in [7, 11) is 2.17. The first-order chi connectivity index (χ1) is 9.60. The van der Waals surface area contributed by atoms with Crippen LogP contribution in [0.15, 0.2) is 0 Å². The minimum absolute atomic E-state index is 0.290. The molecule has 0 spiro atoms. The van der Waals surface area contributed by atoms with Crippen molar-refractivity contribution in [2.24, 2.45) is 11.8 Å². The standard InChI is InChI=1S/C16H29N3O/c1-11-10-19(2)6-5-15(11)18-16(20)9-12-7-13-3-4-14(8-12)17-13/h11-15,17H,3-10H2,1-2H3,(H,18,20). The fraction of sp³-hybridized carbons (Fsp3) is 0.938. The van der Waals surface area contributed by atoms with Crippen LogP contribution < -0.4 is 10.6 Å². The molecule has 3 rings (SSSR count). The van der Waals surface area contributed by atoms with E-state index in [1.165, 1.54) is 25.7 Å². The van der Waals surface area contributed by atoms with Crippen molar-refractivity contribution in [3.8, 4) is 0 Å². The number of fused-ring (bicyclic) bond motifs is 2. The third kappa shape index (κ3) is 3.34. The fourth-order valence-electron chi connectivity index (χ4n) is 4.44. The van der Waals surface area contributed by atoms with E-state index in [2.05, 4.69) is 29.5 Å². The molecule has 2 N–H and O–H groups in total. The van der Waals surface area contributed by atoms with Gasteiger partial charge in [-0.1, -0.05) is 6.92 Å². The Labute approximate surface area is 122 Å². The Kier molecular flexibility index (Phi) is 4.32. The van der Waals surface area contributed by atoms with Crippen molar-refractivity contribution in [1.82, 2.24) is 15.5 Å². The molecule has 4 atom stereocenters. The molecule has 3 aliphatic rings. The van der Waals surface area contributed by atoms with Crippen molar-refractivity contribution >= 4 is 5.91 Å². The highest BCUT2D eigenvalue weighted by Crippen LogP contribution is 2.32. The molecule has 4 heteroatoms. The zero-order valence-electron chi connectivity index (χ0n) is 12.9. The largest absolute Gasteiger partial charge is 0.353 e. The van der Waals surface area contributed by atoms with Gasteiger partial charge >= 0.3 is 0 Å². The van der Waals surface area contributed by atoms with Crippen LogP contribution in [0.25, 0.3) is 0 Å². The summed E-state index contributed by atoms with van der Waals surface area (Å²) < 4.78 is 0. The van der Waals surface area contributed by atoms with E-state index in [1.54, 1.807) is 0 Å². The third-order valence-corrected chi connectivity index (χ3v) is 5.50. The Morgan fingerprint density at radius 3 is 2.60 bits per heavy atom. The molecule has 2 bridgehead atoms. The molecule has 1 amide bonds. The van der Waals surface area contributed by atoms with Crippen molar-refractivity contribution in [2.75, 3.05) is 20.1 Å². The second kappa shape index (κ2) is 6.02. The number of nitrogens with one attached hydrogen (secondary N) is 2. The van der Waals surface area contributed by atoms with Crippen molar-refractivity contribution < 1.29 is 4.79 Å². The van der Waals surface area contributed by atoms with Crippen LogP contribution in [0.2, 0.25) is 0 Å². The number of hydrogen-bond acceptors (Lipinski definition) is 3. The molecule has 3 aliphatic heterocycles. The van der Waals surface area contributed by atoms with E-state index in [1.807, 2.05) is 0 Å². The smallest absolute Gasteiger partial charge is 0.220 e. The van der Waals surface area contributed by atoms with Gasteiger partial charge in [-0.05, 0) is 57.5 Å². The number of piperidine rings is 2. The van der Waals surface area contributed by atoms with Crippen LogP contribution in [0, 0.1) is 11.8 Å². The number of rotatable bonds is 3. The molecule has 0 saturated carbocycles. The van der Waals surface area contributed by atoms with Gasteiger partial charge in [-0.3, -0.25) is 4.79 Å². The van der Waals surface area contributed by atoms with Gasteiger partial charge in [0.25, 0.3) is 0 Å². The van der Waals surface area contributed by atoms with Gasteiger partial charge in [0.2, 0.25) is 5.91 Å². The molecule has 0 aromatic rings. The molecule has 0 aromatic heterocycles. The van der Waals surface area contributed by atoms with E-state index in [0.717, 1.165) is 25.9 Å². The van der Waals surface area contributed by atoms with E-state index < -0.39 is 0 Å². The molecular formula is C16H29N3O. The van der Waals surface area contributed by atoms with Crippen molar-refractivity contribution in [3.05, 3.63) is 0 Å². The Morgan fingerprint density at radius 2 is 1.95 bits per heavy atom. The van der Waals surface area contributed by atoms with Crippen molar-refractivity contribution in [3.63, 3.8) is 0 Å². The summed E-state index contributed by atoms with van der Waals surface area (Å²) in [6, 6.07) is 1.76. The van der Waals surface area contributed by atoms with Gasteiger partial charge in [0, 0.05) is 31.1 Å². The maximum absolute atomic E-state index is 12.3. The maximum atomic E-state index is 12.3. The average Bonchev–Trinajstić information content (AvgIpc) is 2.72. The van der Waals surface area contributed by atoms with Crippen LogP contribution in [0.4, 0.5) is 0 Å². The Balaban J connectivity index is 1.45. The second-order valence-electron chi connectivity index (χ2n) is 7.38. The maximum Gasteiger partial charge on any atom is 0.220 e. The van der Waals surface area contributed by atoms with E-state index in [9.17, 15) is 4.79 Å². The first-order valence-electron chi connectivity index (χ1n) is 8.34. The van der Waals surface area contributed by atoms with Gasteiger partial charge in [-0.2, -0.15) is 0 Å². The van der Waals surface area contributed by atoms with Crippen molar-refractivity contribution in [1.29, 1.82) is 0 Å². The average molecular weight is 279 g/mol. The number of amides is 1. The van der Waals surface area contributed by atoms with Gasteiger partial charge < -0.3 is 15.5 Å². The zero-order chi connectivity index (χ0) is 14.1. The monoisotopic (exact) mass is 279 g/mol. The highest BCUT2D eigenvalue weighted by Gasteiger charge is 2.34. The number of likely N-dealkylation sites (tertiary alicyclic amines) is 1. The van der Waals surface area contributed by atoms with E-state index in [0.29, 0.717) is 30.0 Å². The summed E-state index contributed by atoms with van der Waals surface area (Å²) in [4.78, 5) is 14.7. The summed E-state index contributed by atoms with van der Waals surface area (Å²) in [5.41, 5.74) is 0. The lowest BCUT2D eigenvalue weighted by atomic mass is 9.88. The Bertz CT molecular complexity index is 348. The summed E-state index contributed by atoms with van der Waals surface area (Å²) in [6.07, 6.45) is 6.87. The number of carbonyl (C=O) groups is 1. The number of hydrogen-bond donors (Lipinski definition) is 2. The quantitative estimate of drug-likeness (QED) is 0.820. The second-order valence-corrected chi connectivity index (χ2v) is 7.38. The first-order valence-corrected chi connectivity index (χ1v) is 8.34. The van der Waals surface area contributed by atoms with Crippen LogP contribution >= 0.6 is 0 Å². The highest BCUT2D eigenvalue weighted by atomic mass is 16.1. The molecule has 20 heavy (non-hydrogen) atoms. The SMILES string of the molecule is CC1CN(C)CCC1NC(=O)CC1CC2CCC(C1)N2. The first kappa shape index (κ1) is 14.3. The van der Waals surface area contributed by atoms with E-state index >= 15 is 0 Å². The normalized spacial score (nSPS) is 41.6. The molecule has 0 radical (unpaired) electrons. The van der Waals surface area contributed by atoms with E-state index in [-0.39, 0.29) is 5.91 Å². The summed E-state index contributed by atoms with van der Waals surface area (Å²) in [6.45, 7) is 4.46. The molecule has 0 aromatic carbocycles. The fourth-order valence-corrected chi connectivity index (χ4v) is 4.44. The number of carbonyl (C=O) groups excluding carboxylic acids is 1. The molecular weight excluding hydrogens is 250 g/mol. The zero-order valence-corrected chi connectivity index (χ0v) is 12.9. The van der Waals surface area contributed by atoms with Crippen molar-refractivity contribution in [2.45, 2.75) is 63.6 Å². The molecule has 3 heterocycles. The summed E-state index contributed by atoms with van der Waals surface area (Å²) in [5, 5.41) is 6.95. The summed E-state index contributed by atoms with van der Waals surface area (Å²) >= 11 is 0. The van der Waals surface area contributed by atoms with Crippen LogP contribution in [-0.2, 0) is 4.79 Å². The minimum Gasteiger partial charge on any atom is -0.353 e. The predicted molar refractivity (Wildman–Crippen MR) is 80.5 cm³/mol. The predicted octanol–water partition coefficient (Wildman–Crippen LogP) is 1.36. The van der Waals surface area contributed by atoms with Gasteiger partial charge in [-0.15, -0.1) is 0 Å². The van der Waals surface area contributed by atoms with Gasteiger partial charge in [0.15, 0.2) is 0 Å². The molecule has 0 aliphatic carbocycles. The lowest BCUT2D eigenvalue weighted by molar-refractivity contribution is -0.123. The molecule has 114 valence electrons. The summed E-state index contributed by atoms with van der Waals surface area (Å²) in [5.74, 6) is 1.47. The van der Waals surface area contributed by atoms with Gasteiger partial charge in [0.05, 0.1) is 0 Å². The topological polar surface area (TPSA) is 44.4 Å². The lowest BCUT2D eigenvalue weighted by Crippen LogP contribution is -2.49.